The average Bonchev–Trinajstić information content (AvgIpc) is 2.82. The first-order chi connectivity index (χ1) is 9.70. The van der Waals surface area contributed by atoms with Crippen LogP contribution >= 0.6 is 15.9 Å². The summed E-state index contributed by atoms with van der Waals surface area (Å²) in [7, 11) is 0. The molecule has 0 saturated heterocycles. The van der Waals surface area contributed by atoms with Crippen LogP contribution in [0.15, 0.2) is 46.9 Å². The molecule has 20 heavy (non-hydrogen) atoms. The number of nitrogens with two attached hydrogens (primary N) is 1. The Morgan fingerprint density at radius 3 is 2.75 bits per heavy atom. The third kappa shape index (κ3) is 2.20. The van der Waals surface area contributed by atoms with Crippen LogP contribution in [0, 0.1) is 0 Å². The second kappa shape index (κ2) is 5.29. The number of aryl methyl sites for hydroxylation is 1. The van der Waals surface area contributed by atoms with Crippen LogP contribution in [0.2, 0.25) is 0 Å². The number of para-hydroxylation sites is 2. The van der Waals surface area contributed by atoms with Crippen molar-refractivity contribution in [2.24, 2.45) is 0 Å². The monoisotopic (exact) mass is 329 g/mol. The first-order valence-electron chi connectivity index (χ1n) is 6.71. The maximum Gasteiger partial charge on any atom is 0.141 e. The number of anilines is 1. The zero-order valence-electron chi connectivity index (χ0n) is 11.3. The highest BCUT2D eigenvalue weighted by Crippen LogP contribution is 2.29. The number of aromatic nitrogens is 2. The van der Waals surface area contributed by atoms with Gasteiger partial charge in [0.1, 0.15) is 5.82 Å². The lowest BCUT2D eigenvalue weighted by Gasteiger charge is -2.08. The van der Waals surface area contributed by atoms with Gasteiger partial charge in [0.05, 0.1) is 11.0 Å². The lowest BCUT2D eigenvalue weighted by atomic mass is 10.2. The topological polar surface area (TPSA) is 43.8 Å². The van der Waals surface area contributed by atoms with Gasteiger partial charge in [-0.1, -0.05) is 19.1 Å². The van der Waals surface area contributed by atoms with Gasteiger partial charge in [-0.25, -0.2) is 4.98 Å². The molecule has 1 aromatic heterocycles. The Kier molecular flexibility index (Phi) is 3.49. The maximum absolute atomic E-state index is 5.86. The lowest BCUT2D eigenvalue weighted by molar-refractivity contribution is 0.704. The SMILES string of the molecule is CCCn1c(-c2ccc(N)c(Br)c2)nc2ccccc21. The van der Waals surface area contributed by atoms with Crippen LogP contribution in [0.4, 0.5) is 5.69 Å². The van der Waals surface area contributed by atoms with E-state index in [0.717, 1.165) is 40.0 Å². The van der Waals surface area contributed by atoms with Crippen molar-refractivity contribution in [1.82, 2.24) is 9.55 Å². The van der Waals surface area contributed by atoms with E-state index in [1.54, 1.807) is 0 Å². The molecule has 3 rings (SSSR count). The number of fused-ring (bicyclic) bond motifs is 1. The molecule has 2 aromatic carbocycles. The minimum atomic E-state index is 0.743. The summed E-state index contributed by atoms with van der Waals surface area (Å²) in [5.41, 5.74) is 9.90. The summed E-state index contributed by atoms with van der Waals surface area (Å²) in [6, 6.07) is 14.2. The quantitative estimate of drug-likeness (QED) is 0.721. The lowest BCUT2D eigenvalue weighted by Crippen LogP contribution is -2.00. The zero-order chi connectivity index (χ0) is 14.1. The van der Waals surface area contributed by atoms with Crippen LogP contribution in [0.3, 0.4) is 0 Å². The molecule has 0 aliphatic carbocycles. The summed E-state index contributed by atoms with van der Waals surface area (Å²) in [6.07, 6.45) is 1.07. The zero-order valence-corrected chi connectivity index (χ0v) is 12.9. The molecule has 0 radical (unpaired) electrons. The van der Waals surface area contributed by atoms with Crippen molar-refractivity contribution >= 4 is 32.7 Å². The van der Waals surface area contributed by atoms with Gasteiger partial charge in [-0.05, 0) is 52.7 Å². The Bertz CT molecular complexity index is 762. The third-order valence-corrected chi connectivity index (χ3v) is 4.05. The number of hydrogen-bond donors (Lipinski definition) is 1. The number of nitrogen functional groups attached to an aromatic ring is 1. The van der Waals surface area contributed by atoms with E-state index >= 15 is 0 Å². The predicted molar refractivity (Wildman–Crippen MR) is 87.6 cm³/mol. The van der Waals surface area contributed by atoms with Crippen molar-refractivity contribution in [3.63, 3.8) is 0 Å². The minimum absolute atomic E-state index is 0.743. The van der Waals surface area contributed by atoms with Gasteiger partial charge in [-0.15, -0.1) is 0 Å². The Morgan fingerprint density at radius 1 is 1.20 bits per heavy atom. The Hall–Kier alpha value is -1.81. The van der Waals surface area contributed by atoms with Crippen LogP contribution in [0.25, 0.3) is 22.4 Å². The molecule has 3 aromatic rings. The number of rotatable bonds is 3. The summed E-state index contributed by atoms with van der Waals surface area (Å²) in [4.78, 5) is 4.77. The molecule has 102 valence electrons. The molecule has 0 aliphatic heterocycles. The molecule has 0 aliphatic rings. The molecule has 3 nitrogen and oxygen atoms in total. The number of imidazole rings is 1. The van der Waals surface area contributed by atoms with Gasteiger partial charge in [0.25, 0.3) is 0 Å². The summed E-state index contributed by atoms with van der Waals surface area (Å²) < 4.78 is 3.18. The van der Waals surface area contributed by atoms with Gasteiger partial charge in [0.15, 0.2) is 0 Å². The summed E-state index contributed by atoms with van der Waals surface area (Å²) in [5, 5.41) is 0. The number of halogens is 1. The Labute approximate surface area is 126 Å². The standard InChI is InChI=1S/C16H16BrN3/c1-2-9-20-15-6-4-3-5-14(15)19-16(20)11-7-8-13(18)12(17)10-11/h3-8,10H,2,9,18H2,1H3. The molecular weight excluding hydrogens is 314 g/mol. The fourth-order valence-corrected chi connectivity index (χ4v) is 2.79. The molecule has 4 heteroatoms. The van der Waals surface area contributed by atoms with Gasteiger partial charge in [0, 0.05) is 22.3 Å². The molecule has 0 fully saturated rings. The summed E-state index contributed by atoms with van der Waals surface area (Å²) in [5.74, 6) is 0.994. The first-order valence-corrected chi connectivity index (χ1v) is 7.50. The van der Waals surface area contributed by atoms with E-state index in [1.807, 2.05) is 24.3 Å². The molecular formula is C16H16BrN3. The smallest absolute Gasteiger partial charge is 0.141 e. The maximum atomic E-state index is 5.86. The van der Waals surface area contributed by atoms with E-state index in [-0.39, 0.29) is 0 Å². The fraction of sp³-hybridized carbons (Fsp3) is 0.188. The second-order valence-electron chi connectivity index (χ2n) is 4.81. The number of nitrogens with zero attached hydrogens (tertiary/aromatic N) is 2. The molecule has 0 bridgehead atoms. The van der Waals surface area contributed by atoms with Gasteiger partial charge < -0.3 is 10.3 Å². The molecule has 0 spiro atoms. The summed E-state index contributed by atoms with van der Waals surface area (Å²) in [6.45, 7) is 3.13. The van der Waals surface area contributed by atoms with E-state index < -0.39 is 0 Å². The Morgan fingerprint density at radius 2 is 2.00 bits per heavy atom. The second-order valence-corrected chi connectivity index (χ2v) is 5.67. The largest absolute Gasteiger partial charge is 0.398 e. The molecule has 0 amide bonds. The molecule has 0 saturated carbocycles. The van der Waals surface area contributed by atoms with Gasteiger partial charge in [-0.3, -0.25) is 0 Å². The highest BCUT2D eigenvalue weighted by Gasteiger charge is 2.12. The van der Waals surface area contributed by atoms with Crippen LogP contribution in [0.5, 0.6) is 0 Å². The van der Waals surface area contributed by atoms with Crippen LogP contribution in [-0.2, 0) is 6.54 Å². The first kappa shape index (κ1) is 13.2. The molecule has 1 heterocycles. The van der Waals surface area contributed by atoms with Crippen molar-refractivity contribution in [2.75, 3.05) is 5.73 Å². The van der Waals surface area contributed by atoms with E-state index in [4.69, 9.17) is 10.7 Å². The van der Waals surface area contributed by atoms with Gasteiger partial charge in [0.2, 0.25) is 0 Å². The van der Waals surface area contributed by atoms with Crippen LogP contribution < -0.4 is 5.73 Å². The Balaban J connectivity index is 2.23. The number of hydrogen-bond acceptors (Lipinski definition) is 2. The normalized spacial score (nSPS) is 11.1. The van der Waals surface area contributed by atoms with Crippen molar-refractivity contribution in [3.05, 3.63) is 46.9 Å². The van der Waals surface area contributed by atoms with Gasteiger partial charge in [-0.2, -0.15) is 0 Å². The molecule has 0 atom stereocenters. The molecule has 2 N–H and O–H groups in total. The predicted octanol–water partition coefficient (Wildman–Crippen LogP) is 4.46. The highest BCUT2D eigenvalue weighted by molar-refractivity contribution is 9.10. The van der Waals surface area contributed by atoms with Crippen molar-refractivity contribution in [1.29, 1.82) is 0 Å². The van der Waals surface area contributed by atoms with E-state index in [2.05, 4.69) is 45.6 Å². The minimum Gasteiger partial charge on any atom is -0.398 e. The van der Waals surface area contributed by atoms with Crippen molar-refractivity contribution in [3.8, 4) is 11.4 Å². The van der Waals surface area contributed by atoms with Crippen molar-refractivity contribution < 1.29 is 0 Å². The van der Waals surface area contributed by atoms with E-state index in [9.17, 15) is 0 Å². The van der Waals surface area contributed by atoms with Crippen LogP contribution in [-0.4, -0.2) is 9.55 Å². The third-order valence-electron chi connectivity index (χ3n) is 3.36. The highest BCUT2D eigenvalue weighted by atomic mass is 79.9. The van der Waals surface area contributed by atoms with Crippen LogP contribution in [0.1, 0.15) is 13.3 Å². The van der Waals surface area contributed by atoms with Gasteiger partial charge >= 0.3 is 0 Å². The molecule has 0 unspecified atom stereocenters. The fourth-order valence-electron chi connectivity index (χ4n) is 2.41. The summed E-state index contributed by atoms with van der Waals surface area (Å²) >= 11 is 3.49. The van der Waals surface area contributed by atoms with E-state index in [1.165, 1.54) is 5.52 Å². The van der Waals surface area contributed by atoms with Crippen molar-refractivity contribution in [2.45, 2.75) is 19.9 Å². The number of benzene rings is 2. The average molecular weight is 330 g/mol. The van der Waals surface area contributed by atoms with E-state index in [0.29, 0.717) is 0 Å².